The molecule has 1 saturated heterocycles. The number of rotatable bonds is 5. The van der Waals surface area contributed by atoms with E-state index in [1.807, 2.05) is 51.5 Å². The summed E-state index contributed by atoms with van der Waals surface area (Å²) in [5.74, 6) is 0.236. The molecule has 0 radical (unpaired) electrons. The van der Waals surface area contributed by atoms with Gasteiger partial charge in [-0.25, -0.2) is 0 Å². The van der Waals surface area contributed by atoms with E-state index in [4.69, 9.17) is 0 Å². The number of benzene rings is 2. The predicted molar refractivity (Wildman–Crippen MR) is 136 cm³/mol. The van der Waals surface area contributed by atoms with E-state index in [0.717, 1.165) is 19.5 Å². The molecule has 1 atom stereocenters. The number of fused-ring (bicyclic) bond motifs is 1. The van der Waals surface area contributed by atoms with Crippen LogP contribution in [0.25, 0.3) is 0 Å². The van der Waals surface area contributed by atoms with Crippen molar-refractivity contribution < 1.29 is 9.59 Å². The molecule has 2 aliphatic rings. The zero-order valence-electron chi connectivity index (χ0n) is 19.7. The van der Waals surface area contributed by atoms with Crippen molar-refractivity contribution in [2.45, 2.75) is 25.8 Å². The van der Waals surface area contributed by atoms with Crippen LogP contribution in [0.5, 0.6) is 0 Å². The van der Waals surface area contributed by atoms with Gasteiger partial charge in [-0.3, -0.25) is 14.5 Å². The smallest absolute Gasteiger partial charge is 0.253 e. The molecule has 1 fully saturated rings. The van der Waals surface area contributed by atoms with Crippen LogP contribution in [0.3, 0.4) is 0 Å². The number of carbonyl (C=O) groups is 2. The molecule has 0 aliphatic carbocycles. The van der Waals surface area contributed by atoms with Crippen LogP contribution in [0.1, 0.15) is 44.4 Å². The third-order valence-electron chi connectivity index (χ3n) is 7.10. The molecule has 3 aromatic rings. The Morgan fingerprint density at radius 1 is 0.853 bits per heavy atom. The molecular weight excluding hydrogens is 442 g/mol. The van der Waals surface area contributed by atoms with Gasteiger partial charge in [0.05, 0.1) is 6.04 Å². The van der Waals surface area contributed by atoms with Crippen molar-refractivity contribution in [3.63, 3.8) is 0 Å². The molecule has 0 N–H and O–H groups in total. The number of thiophene rings is 1. The Labute approximate surface area is 205 Å². The van der Waals surface area contributed by atoms with Gasteiger partial charge >= 0.3 is 0 Å². The second kappa shape index (κ2) is 10.1. The Morgan fingerprint density at radius 2 is 1.56 bits per heavy atom. The minimum absolute atomic E-state index is 0.0497. The number of piperazine rings is 1. The highest BCUT2D eigenvalue weighted by Gasteiger charge is 2.31. The fraction of sp³-hybridized carbons (Fsp3) is 0.357. The normalized spacial score (nSPS) is 18.6. The van der Waals surface area contributed by atoms with Crippen molar-refractivity contribution in [2.75, 3.05) is 39.3 Å². The van der Waals surface area contributed by atoms with Crippen molar-refractivity contribution in [1.82, 2.24) is 14.7 Å². The number of aryl methyl sites for hydroxylation is 1. The van der Waals surface area contributed by atoms with E-state index in [9.17, 15) is 9.59 Å². The maximum Gasteiger partial charge on any atom is 0.253 e. The van der Waals surface area contributed by atoms with Gasteiger partial charge in [-0.05, 0) is 53.6 Å². The lowest BCUT2D eigenvalue weighted by atomic mass is 9.90. The molecule has 2 aromatic carbocycles. The summed E-state index contributed by atoms with van der Waals surface area (Å²) in [5.41, 5.74) is 4.73. The molecule has 1 unspecified atom stereocenters. The van der Waals surface area contributed by atoms with E-state index in [0.29, 0.717) is 38.2 Å². The van der Waals surface area contributed by atoms with Gasteiger partial charge in [0, 0.05) is 56.1 Å². The highest BCUT2D eigenvalue weighted by Crippen LogP contribution is 2.38. The van der Waals surface area contributed by atoms with Gasteiger partial charge in [-0.1, -0.05) is 42.5 Å². The quantitative estimate of drug-likeness (QED) is 0.552. The largest absolute Gasteiger partial charge is 0.339 e. The lowest BCUT2D eigenvalue weighted by molar-refractivity contribution is -0.133. The summed E-state index contributed by atoms with van der Waals surface area (Å²) in [4.78, 5) is 33.5. The van der Waals surface area contributed by atoms with Crippen LogP contribution < -0.4 is 0 Å². The second-order valence-electron chi connectivity index (χ2n) is 9.13. The molecule has 6 heteroatoms. The molecule has 2 amide bonds. The summed E-state index contributed by atoms with van der Waals surface area (Å²) >= 11 is 1.85. The predicted octanol–water partition coefficient (Wildman–Crippen LogP) is 4.38. The van der Waals surface area contributed by atoms with E-state index in [-0.39, 0.29) is 17.9 Å². The monoisotopic (exact) mass is 473 g/mol. The lowest BCUT2D eigenvalue weighted by Gasteiger charge is -2.38. The zero-order chi connectivity index (χ0) is 23.5. The van der Waals surface area contributed by atoms with E-state index < -0.39 is 0 Å². The first-order valence-electron chi connectivity index (χ1n) is 12.1. The van der Waals surface area contributed by atoms with Gasteiger partial charge in [-0.2, -0.15) is 0 Å². The highest BCUT2D eigenvalue weighted by molar-refractivity contribution is 7.10. The van der Waals surface area contributed by atoms with E-state index >= 15 is 0 Å². The summed E-state index contributed by atoms with van der Waals surface area (Å²) in [6.45, 7) is 6.28. The summed E-state index contributed by atoms with van der Waals surface area (Å²) in [6, 6.07) is 20.5. The Kier molecular flexibility index (Phi) is 6.79. The number of hydrogen-bond donors (Lipinski definition) is 0. The third kappa shape index (κ3) is 4.65. The molecule has 2 aliphatic heterocycles. The minimum atomic E-state index is 0.0497. The van der Waals surface area contributed by atoms with E-state index in [1.165, 1.54) is 21.6 Å². The Bertz CT molecular complexity index is 1150. The molecule has 1 aromatic heterocycles. The number of amides is 2. The molecule has 0 spiro atoms. The van der Waals surface area contributed by atoms with Crippen LogP contribution in [-0.4, -0.2) is 65.8 Å². The number of nitrogens with zero attached hydrogens (tertiary/aromatic N) is 3. The Morgan fingerprint density at radius 3 is 2.32 bits per heavy atom. The SMILES string of the molecule is Cc1ccccc1C1c2ccsc2CCN1CCC(=O)N1CCN(C(=O)c2ccccc2)CC1. The van der Waals surface area contributed by atoms with Gasteiger partial charge in [0.1, 0.15) is 0 Å². The summed E-state index contributed by atoms with van der Waals surface area (Å²) < 4.78 is 0. The molecular formula is C28H31N3O2S. The maximum atomic E-state index is 13.1. The van der Waals surface area contributed by atoms with Crippen LogP contribution >= 0.6 is 11.3 Å². The zero-order valence-corrected chi connectivity index (χ0v) is 20.5. The topological polar surface area (TPSA) is 43.9 Å². The Balaban J connectivity index is 1.21. The van der Waals surface area contributed by atoms with Crippen LogP contribution in [-0.2, 0) is 11.2 Å². The Hall–Kier alpha value is -2.96. The molecule has 0 bridgehead atoms. The van der Waals surface area contributed by atoms with Gasteiger partial charge in [0.2, 0.25) is 5.91 Å². The van der Waals surface area contributed by atoms with Gasteiger partial charge < -0.3 is 9.80 Å². The first-order chi connectivity index (χ1) is 16.6. The fourth-order valence-corrected chi connectivity index (χ4v) is 6.09. The standard InChI is InChI=1S/C28H31N3O2S/c1-21-7-5-6-10-23(21)27-24-13-20-34-25(24)11-14-30(27)15-12-26(32)29-16-18-31(19-17-29)28(33)22-8-3-2-4-9-22/h2-10,13,20,27H,11-12,14-19H2,1H3. The van der Waals surface area contributed by atoms with Crippen molar-refractivity contribution in [3.05, 3.63) is 93.2 Å². The van der Waals surface area contributed by atoms with Crippen molar-refractivity contribution in [3.8, 4) is 0 Å². The number of carbonyl (C=O) groups excluding carboxylic acids is 2. The van der Waals surface area contributed by atoms with Crippen LogP contribution in [0, 0.1) is 6.92 Å². The van der Waals surface area contributed by atoms with Crippen LogP contribution in [0.2, 0.25) is 0 Å². The van der Waals surface area contributed by atoms with Gasteiger partial charge in [0.15, 0.2) is 0 Å². The third-order valence-corrected chi connectivity index (χ3v) is 8.10. The molecule has 3 heterocycles. The summed E-state index contributed by atoms with van der Waals surface area (Å²) in [7, 11) is 0. The summed E-state index contributed by atoms with van der Waals surface area (Å²) in [6.07, 6.45) is 1.55. The first kappa shape index (κ1) is 22.8. The first-order valence-corrected chi connectivity index (χ1v) is 13.0. The highest BCUT2D eigenvalue weighted by atomic mass is 32.1. The van der Waals surface area contributed by atoms with E-state index in [1.54, 1.807) is 0 Å². The molecule has 5 nitrogen and oxygen atoms in total. The molecule has 0 saturated carbocycles. The van der Waals surface area contributed by atoms with Gasteiger partial charge in [-0.15, -0.1) is 11.3 Å². The molecule has 176 valence electrons. The minimum Gasteiger partial charge on any atom is -0.339 e. The fourth-order valence-electron chi connectivity index (χ4n) is 5.19. The molecule has 5 rings (SSSR count). The average molecular weight is 474 g/mol. The van der Waals surface area contributed by atoms with Crippen LogP contribution in [0.4, 0.5) is 0 Å². The number of hydrogen-bond acceptors (Lipinski definition) is 4. The van der Waals surface area contributed by atoms with Crippen molar-refractivity contribution >= 4 is 23.2 Å². The summed E-state index contributed by atoms with van der Waals surface area (Å²) in [5, 5.41) is 2.20. The van der Waals surface area contributed by atoms with Crippen molar-refractivity contribution in [2.24, 2.45) is 0 Å². The molecule has 34 heavy (non-hydrogen) atoms. The average Bonchev–Trinajstić information content (AvgIpc) is 3.37. The van der Waals surface area contributed by atoms with E-state index in [2.05, 4.69) is 47.5 Å². The van der Waals surface area contributed by atoms with Crippen LogP contribution in [0.15, 0.2) is 66.0 Å². The lowest BCUT2D eigenvalue weighted by Crippen LogP contribution is -2.51. The van der Waals surface area contributed by atoms with Gasteiger partial charge in [0.25, 0.3) is 5.91 Å². The maximum absolute atomic E-state index is 13.1. The van der Waals surface area contributed by atoms with Crippen molar-refractivity contribution in [1.29, 1.82) is 0 Å². The second-order valence-corrected chi connectivity index (χ2v) is 10.1.